The van der Waals surface area contributed by atoms with Crippen LogP contribution in [0.2, 0.25) is 0 Å². The lowest BCUT2D eigenvalue weighted by Gasteiger charge is -1.98. The average Bonchev–Trinajstić information content (AvgIpc) is 2.74. The molecule has 0 bridgehead atoms. The van der Waals surface area contributed by atoms with Gasteiger partial charge in [0.15, 0.2) is 0 Å². The van der Waals surface area contributed by atoms with Crippen molar-refractivity contribution < 1.29 is 4.42 Å². The Hall–Kier alpha value is -2.28. The lowest BCUT2D eigenvalue weighted by Crippen LogP contribution is -1.77. The van der Waals surface area contributed by atoms with E-state index in [1.807, 2.05) is 0 Å². The molecule has 1 heteroatoms. The molecule has 1 nitrogen and oxygen atoms in total. The molecule has 4 rings (SSSR count). The van der Waals surface area contributed by atoms with E-state index in [0.29, 0.717) is 0 Å². The third-order valence-electron chi connectivity index (χ3n) is 3.77. The molecule has 0 fully saturated rings. The number of hydrogen-bond acceptors (Lipinski definition) is 1. The molecule has 1 aromatic heterocycles. The predicted molar refractivity (Wildman–Crippen MR) is 80.7 cm³/mol. The summed E-state index contributed by atoms with van der Waals surface area (Å²) in [6, 6.07) is 17.2. The van der Waals surface area contributed by atoms with Crippen molar-refractivity contribution in [2.75, 3.05) is 0 Å². The maximum Gasteiger partial charge on any atom is 0.138 e. The topological polar surface area (TPSA) is 13.1 Å². The van der Waals surface area contributed by atoms with E-state index in [9.17, 15) is 0 Å². The molecule has 0 saturated carbocycles. The van der Waals surface area contributed by atoms with Gasteiger partial charge in [-0.3, -0.25) is 0 Å². The van der Waals surface area contributed by atoms with Gasteiger partial charge < -0.3 is 4.42 Å². The minimum atomic E-state index is 0.974. The van der Waals surface area contributed by atoms with Crippen molar-refractivity contribution in [2.24, 2.45) is 0 Å². The fourth-order valence-corrected chi connectivity index (χ4v) is 2.91. The Morgan fingerprint density at radius 3 is 2.32 bits per heavy atom. The van der Waals surface area contributed by atoms with Crippen LogP contribution in [0, 0.1) is 13.8 Å². The summed E-state index contributed by atoms with van der Waals surface area (Å²) in [4.78, 5) is 0. The van der Waals surface area contributed by atoms with Crippen LogP contribution in [0.3, 0.4) is 0 Å². The molecule has 0 atom stereocenters. The Morgan fingerprint density at radius 1 is 0.789 bits per heavy atom. The van der Waals surface area contributed by atoms with Crippen LogP contribution in [0.5, 0.6) is 0 Å². The number of furan rings is 1. The number of rotatable bonds is 0. The highest BCUT2D eigenvalue weighted by Crippen LogP contribution is 2.34. The maximum absolute atomic E-state index is 6.05. The van der Waals surface area contributed by atoms with Gasteiger partial charge in [0.25, 0.3) is 0 Å². The predicted octanol–water partition coefficient (Wildman–Crippen LogP) is 5.36. The van der Waals surface area contributed by atoms with E-state index in [0.717, 1.165) is 11.2 Å². The molecule has 0 N–H and O–H groups in total. The Balaban J connectivity index is 2.26. The molecule has 92 valence electrons. The summed E-state index contributed by atoms with van der Waals surface area (Å²) in [6.45, 7) is 4.24. The van der Waals surface area contributed by atoms with E-state index < -0.39 is 0 Å². The fourth-order valence-electron chi connectivity index (χ4n) is 2.91. The third-order valence-corrected chi connectivity index (χ3v) is 3.77. The van der Waals surface area contributed by atoms with E-state index in [2.05, 4.69) is 62.4 Å². The van der Waals surface area contributed by atoms with Crippen LogP contribution in [0.4, 0.5) is 0 Å². The van der Waals surface area contributed by atoms with Gasteiger partial charge in [-0.2, -0.15) is 0 Å². The minimum Gasteiger partial charge on any atom is -0.456 e. The van der Waals surface area contributed by atoms with Crippen molar-refractivity contribution in [3.63, 3.8) is 0 Å². The highest BCUT2D eigenvalue weighted by Gasteiger charge is 2.10. The van der Waals surface area contributed by atoms with Crippen LogP contribution in [0.1, 0.15) is 11.1 Å². The largest absolute Gasteiger partial charge is 0.456 e. The molecule has 0 radical (unpaired) electrons. The number of fused-ring (bicyclic) bond motifs is 4. The second kappa shape index (κ2) is 3.61. The average molecular weight is 246 g/mol. The molecule has 4 aromatic rings. The zero-order valence-corrected chi connectivity index (χ0v) is 11.0. The zero-order chi connectivity index (χ0) is 13.0. The standard InChI is InChI=1S/C18H14O/c1-11-7-12(2)18-16(8-11)15-9-13-5-3-4-6-14(13)10-17(15)19-18/h3-10H,1-2H3. The van der Waals surface area contributed by atoms with E-state index in [4.69, 9.17) is 4.42 Å². The highest BCUT2D eigenvalue weighted by atomic mass is 16.3. The molecule has 0 aliphatic rings. The molecule has 1 heterocycles. The van der Waals surface area contributed by atoms with E-state index in [1.165, 1.54) is 32.7 Å². The van der Waals surface area contributed by atoms with E-state index >= 15 is 0 Å². The first kappa shape index (κ1) is 10.6. The molecular formula is C18H14O. The van der Waals surface area contributed by atoms with E-state index in [1.54, 1.807) is 0 Å². The Morgan fingerprint density at radius 2 is 1.53 bits per heavy atom. The summed E-state index contributed by atoms with van der Waals surface area (Å²) >= 11 is 0. The van der Waals surface area contributed by atoms with E-state index in [-0.39, 0.29) is 0 Å². The number of benzene rings is 3. The Kier molecular flexibility index (Phi) is 2.02. The molecular weight excluding hydrogens is 232 g/mol. The molecule has 0 unspecified atom stereocenters. The van der Waals surface area contributed by atoms with Gasteiger partial charge in [0.05, 0.1) is 0 Å². The van der Waals surface area contributed by atoms with Crippen molar-refractivity contribution >= 4 is 32.7 Å². The van der Waals surface area contributed by atoms with Gasteiger partial charge in [-0.05, 0) is 53.9 Å². The summed E-state index contributed by atoms with van der Waals surface area (Å²) in [5.74, 6) is 0. The molecule has 0 amide bonds. The first-order valence-electron chi connectivity index (χ1n) is 6.54. The molecule has 19 heavy (non-hydrogen) atoms. The van der Waals surface area contributed by atoms with Crippen molar-refractivity contribution in [1.29, 1.82) is 0 Å². The lowest BCUT2D eigenvalue weighted by molar-refractivity contribution is 0.666. The number of hydrogen-bond donors (Lipinski definition) is 0. The molecule has 0 aliphatic heterocycles. The summed E-state index contributed by atoms with van der Waals surface area (Å²) in [6.07, 6.45) is 0. The minimum absolute atomic E-state index is 0.974. The van der Waals surface area contributed by atoms with Crippen molar-refractivity contribution in [1.82, 2.24) is 0 Å². The van der Waals surface area contributed by atoms with Crippen LogP contribution in [-0.4, -0.2) is 0 Å². The molecule has 3 aromatic carbocycles. The van der Waals surface area contributed by atoms with Gasteiger partial charge in [-0.1, -0.05) is 30.3 Å². The molecule has 0 saturated heterocycles. The van der Waals surface area contributed by atoms with Crippen molar-refractivity contribution in [2.45, 2.75) is 13.8 Å². The normalized spacial score (nSPS) is 11.7. The quantitative estimate of drug-likeness (QED) is 0.407. The first-order valence-corrected chi connectivity index (χ1v) is 6.54. The summed E-state index contributed by atoms with van der Waals surface area (Å²) < 4.78 is 6.05. The lowest BCUT2D eigenvalue weighted by atomic mass is 10.0. The smallest absolute Gasteiger partial charge is 0.138 e. The molecule has 0 aliphatic carbocycles. The van der Waals surface area contributed by atoms with Gasteiger partial charge in [0, 0.05) is 10.8 Å². The molecule has 0 spiro atoms. The fraction of sp³-hybridized carbons (Fsp3) is 0.111. The van der Waals surface area contributed by atoms with Crippen LogP contribution < -0.4 is 0 Å². The maximum atomic E-state index is 6.05. The van der Waals surface area contributed by atoms with Crippen LogP contribution in [-0.2, 0) is 0 Å². The Bertz CT molecular complexity index is 929. The van der Waals surface area contributed by atoms with Gasteiger partial charge in [0.1, 0.15) is 11.2 Å². The van der Waals surface area contributed by atoms with Gasteiger partial charge in [-0.25, -0.2) is 0 Å². The first-order chi connectivity index (χ1) is 9.22. The number of aryl methyl sites for hydroxylation is 2. The summed E-state index contributed by atoms with van der Waals surface area (Å²) in [5.41, 5.74) is 4.47. The second-order valence-corrected chi connectivity index (χ2v) is 5.26. The van der Waals surface area contributed by atoms with Crippen LogP contribution in [0.25, 0.3) is 32.7 Å². The zero-order valence-electron chi connectivity index (χ0n) is 11.0. The Labute approximate surface area is 111 Å². The van der Waals surface area contributed by atoms with Crippen LogP contribution >= 0.6 is 0 Å². The van der Waals surface area contributed by atoms with Crippen molar-refractivity contribution in [3.8, 4) is 0 Å². The van der Waals surface area contributed by atoms with Gasteiger partial charge in [-0.15, -0.1) is 0 Å². The second-order valence-electron chi connectivity index (χ2n) is 5.26. The van der Waals surface area contributed by atoms with Gasteiger partial charge in [0.2, 0.25) is 0 Å². The summed E-state index contributed by atoms with van der Waals surface area (Å²) in [7, 11) is 0. The van der Waals surface area contributed by atoms with Crippen molar-refractivity contribution in [3.05, 3.63) is 59.7 Å². The highest BCUT2D eigenvalue weighted by molar-refractivity contribution is 6.10. The summed E-state index contributed by atoms with van der Waals surface area (Å²) in [5, 5.41) is 4.92. The van der Waals surface area contributed by atoms with Gasteiger partial charge >= 0.3 is 0 Å². The monoisotopic (exact) mass is 246 g/mol. The van der Waals surface area contributed by atoms with Crippen LogP contribution in [0.15, 0.2) is 52.9 Å². The third kappa shape index (κ3) is 1.48. The SMILES string of the molecule is Cc1cc(C)c2oc3cc4ccccc4cc3c2c1.